The number of ether oxygens (including phenoxy) is 1. The number of nitrogens with zero attached hydrogens (tertiary/aromatic N) is 5. The van der Waals surface area contributed by atoms with Crippen molar-refractivity contribution in [3.05, 3.63) is 82.3 Å². The van der Waals surface area contributed by atoms with Gasteiger partial charge in [0.25, 0.3) is 5.91 Å². The van der Waals surface area contributed by atoms with Gasteiger partial charge < -0.3 is 15.4 Å². The molecule has 1 unspecified atom stereocenters. The fourth-order valence-electron chi connectivity index (χ4n) is 4.71. The number of para-hydroxylation sites is 1. The molecule has 10 nitrogen and oxygen atoms in total. The predicted molar refractivity (Wildman–Crippen MR) is 141 cm³/mol. The molecule has 1 fully saturated rings. The van der Waals surface area contributed by atoms with Crippen molar-refractivity contribution < 1.29 is 27.9 Å². The van der Waals surface area contributed by atoms with Crippen molar-refractivity contribution in [1.82, 2.24) is 24.6 Å². The summed E-state index contributed by atoms with van der Waals surface area (Å²) in [5, 5.41) is 4.77. The number of halogens is 3. The van der Waals surface area contributed by atoms with Gasteiger partial charge in [0.05, 0.1) is 29.1 Å². The number of imide groups is 1. The van der Waals surface area contributed by atoms with Crippen LogP contribution >= 0.6 is 11.6 Å². The molecule has 2 N–H and O–H groups in total. The number of amides is 4. The van der Waals surface area contributed by atoms with Gasteiger partial charge in [0.1, 0.15) is 36.8 Å². The van der Waals surface area contributed by atoms with Crippen LogP contribution in [0.15, 0.2) is 48.8 Å². The molecule has 4 aromatic rings. The van der Waals surface area contributed by atoms with Gasteiger partial charge in [-0.1, -0.05) is 23.7 Å². The van der Waals surface area contributed by atoms with Gasteiger partial charge in [-0.05, 0) is 43.7 Å². The fraction of sp³-hybridized carbons (Fsp3) is 0.222. The van der Waals surface area contributed by atoms with Gasteiger partial charge in [0, 0.05) is 16.6 Å². The molecule has 3 heterocycles. The lowest BCUT2D eigenvalue weighted by Crippen LogP contribution is -2.40. The Morgan fingerprint density at radius 1 is 1.20 bits per heavy atom. The van der Waals surface area contributed by atoms with Crippen molar-refractivity contribution >= 4 is 40.3 Å². The molecular formula is C27H23ClF2N6O4. The monoisotopic (exact) mass is 568 g/mol. The first-order valence-electron chi connectivity index (χ1n) is 12.1. The average molecular weight is 569 g/mol. The summed E-state index contributed by atoms with van der Waals surface area (Å²) < 4.78 is 35.7. The molecule has 40 heavy (non-hydrogen) atoms. The molecule has 5 rings (SSSR count). The number of hydrogen-bond donors (Lipinski definition) is 1. The number of urea groups is 1. The second kappa shape index (κ2) is 10.5. The van der Waals surface area contributed by atoms with E-state index in [4.69, 9.17) is 22.1 Å². The summed E-state index contributed by atoms with van der Waals surface area (Å²) in [5.74, 6) is -2.17. The second-order valence-electron chi connectivity index (χ2n) is 9.31. The highest BCUT2D eigenvalue weighted by molar-refractivity contribution is 6.31. The van der Waals surface area contributed by atoms with Crippen molar-refractivity contribution in [2.75, 3.05) is 13.1 Å². The highest BCUT2D eigenvalue weighted by atomic mass is 35.5. The number of hydrogen-bond acceptors (Lipinski definition) is 6. The molecule has 1 aliphatic rings. The van der Waals surface area contributed by atoms with Crippen LogP contribution in [0.2, 0.25) is 5.02 Å². The smallest absolute Gasteiger partial charge is 0.328 e. The Morgan fingerprint density at radius 3 is 2.67 bits per heavy atom. The van der Waals surface area contributed by atoms with Crippen LogP contribution in [0.3, 0.4) is 0 Å². The Kier molecular flexibility index (Phi) is 7.11. The van der Waals surface area contributed by atoms with Gasteiger partial charge in [0.15, 0.2) is 5.82 Å². The van der Waals surface area contributed by atoms with Crippen LogP contribution in [0.5, 0.6) is 5.75 Å². The zero-order valence-electron chi connectivity index (χ0n) is 21.4. The van der Waals surface area contributed by atoms with Crippen molar-refractivity contribution in [2.24, 2.45) is 5.73 Å². The van der Waals surface area contributed by atoms with Gasteiger partial charge in [-0.3, -0.25) is 14.5 Å². The van der Waals surface area contributed by atoms with Crippen LogP contribution in [-0.4, -0.2) is 55.5 Å². The Balaban J connectivity index is 1.48. The fourth-order valence-corrected chi connectivity index (χ4v) is 4.98. The van der Waals surface area contributed by atoms with Gasteiger partial charge in [0.2, 0.25) is 5.91 Å². The average Bonchev–Trinajstić information content (AvgIpc) is 3.45. The minimum absolute atomic E-state index is 0.0610. The Labute approximate surface area is 231 Å². The number of carbonyl (C=O) groups is 3. The number of nitrogens with two attached hydrogens (primary N) is 1. The number of primary amides is 1. The van der Waals surface area contributed by atoms with Crippen molar-refractivity contribution in [3.8, 4) is 11.4 Å². The van der Waals surface area contributed by atoms with E-state index in [9.17, 15) is 23.2 Å². The number of carbonyl (C=O) groups excluding carboxylic acids is 3. The van der Waals surface area contributed by atoms with Gasteiger partial charge in [-0.2, -0.15) is 5.10 Å². The van der Waals surface area contributed by atoms with Crippen molar-refractivity contribution in [3.63, 3.8) is 0 Å². The van der Waals surface area contributed by atoms with E-state index in [-0.39, 0.29) is 18.2 Å². The van der Waals surface area contributed by atoms with Crippen LogP contribution in [0.25, 0.3) is 16.6 Å². The van der Waals surface area contributed by atoms with E-state index < -0.39 is 42.1 Å². The standard InChI is InChI=1S/C27H23ClF2N6O4/c1-14-6-22(36-10-17(30)9-32-36)18-4-3-5-23(26(18)33-14)40-13-20-19(7-16(29)8-21(20)28)15(2)34-12-25(38)35(27(34)39)11-24(31)37/h3-10,15H,11-13H2,1-2H3,(H2,31,37). The van der Waals surface area contributed by atoms with Crippen LogP contribution in [0, 0.1) is 18.6 Å². The summed E-state index contributed by atoms with van der Waals surface area (Å²) in [4.78, 5) is 43.1. The number of pyridine rings is 1. The molecule has 13 heteroatoms. The second-order valence-corrected chi connectivity index (χ2v) is 9.72. The molecule has 2 aromatic carbocycles. The molecule has 0 radical (unpaired) electrons. The summed E-state index contributed by atoms with van der Waals surface area (Å²) >= 11 is 6.44. The van der Waals surface area contributed by atoms with Gasteiger partial charge >= 0.3 is 6.03 Å². The summed E-state index contributed by atoms with van der Waals surface area (Å²) in [6.07, 6.45) is 2.36. The zero-order chi connectivity index (χ0) is 28.7. The first-order chi connectivity index (χ1) is 19.0. The summed E-state index contributed by atoms with van der Waals surface area (Å²) in [6.45, 7) is 2.41. The third-order valence-corrected chi connectivity index (χ3v) is 6.93. The molecule has 0 saturated carbocycles. The first kappa shape index (κ1) is 27.0. The van der Waals surface area contributed by atoms with Crippen LogP contribution in [-0.2, 0) is 16.2 Å². The van der Waals surface area contributed by atoms with Crippen molar-refractivity contribution in [2.45, 2.75) is 26.5 Å². The highest BCUT2D eigenvalue weighted by Gasteiger charge is 2.40. The largest absolute Gasteiger partial charge is 0.487 e. The number of fused-ring (bicyclic) bond motifs is 1. The zero-order valence-corrected chi connectivity index (χ0v) is 22.2. The quantitative estimate of drug-likeness (QED) is 0.320. The maximum absolute atomic E-state index is 14.5. The van der Waals surface area contributed by atoms with E-state index in [1.54, 1.807) is 38.1 Å². The first-order valence-corrected chi connectivity index (χ1v) is 12.5. The Bertz CT molecular complexity index is 1680. The number of aromatic nitrogens is 3. The topological polar surface area (TPSA) is 124 Å². The van der Waals surface area contributed by atoms with E-state index in [1.165, 1.54) is 21.8 Å². The highest BCUT2D eigenvalue weighted by Crippen LogP contribution is 2.35. The molecule has 0 aliphatic carbocycles. The van der Waals surface area contributed by atoms with Crippen LogP contribution in [0.1, 0.15) is 29.8 Å². The molecule has 0 spiro atoms. The minimum atomic E-state index is -0.834. The van der Waals surface area contributed by atoms with E-state index >= 15 is 0 Å². The maximum Gasteiger partial charge on any atom is 0.328 e. The molecule has 2 aromatic heterocycles. The number of benzene rings is 2. The van der Waals surface area contributed by atoms with E-state index in [0.29, 0.717) is 39.2 Å². The molecule has 1 aliphatic heterocycles. The van der Waals surface area contributed by atoms with Crippen LogP contribution < -0.4 is 10.5 Å². The molecule has 206 valence electrons. The SMILES string of the molecule is Cc1cc(-n2cc(F)cn2)c2cccc(OCc3c(Cl)cc(F)cc3C(C)N3CC(=O)N(CC(N)=O)C3=O)c2n1. The van der Waals surface area contributed by atoms with Crippen molar-refractivity contribution in [1.29, 1.82) is 0 Å². The maximum atomic E-state index is 14.5. The molecular weight excluding hydrogens is 546 g/mol. The molecule has 0 bridgehead atoms. The van der Waals surface area contributed by atoms with E-state index in [1.807, 2.05) is 0 Å². The molecule has 1 atom stereocenters. The van der Waals surface area contributed by atoms with E-state index in [0.717, 1.165) is 17.2 Å². The summed E-state index contributed by atoms with van der Waals surface area (Å²) in [5.41, 5.74) is 7.61. The van der Waals surface area contributed by atoms with Crippen LogP contribution in [0.4, 0.5) is 13.6 Å². The normalized spacial score (nSPS) is 14.3. The minimum Gasteiger partial charge on any atom is -0.487 e. The van der Waals surface area contributed by atoms with Gasteiger partial charge in [-0.15, -0.1) is 0 Å². The lowest BCUT2D eigenvalue weighted by molar-refractivity contribution is -0.129. The lowest BCUT2D eigenvalue weighted by Gasteiger charge is -2.26. The molecule has 1 saturated heterocycles. The third kappa shape index (κ3) is 5.05. The number of rotatable bonds is 8. The lowest BCUT2D eigenvalue weighted by atomic mass is 10.0. The third-order valence-electron chi connectivity index (χ3n) is 6.59. The van der Waals surface area contributed by atoms with E-state index in [2.05, 4.69) is 10.1 Å². The van der Waals surface area contributed by atoms with Gasteiger partial charge in [-0.25, -0.2) is 23.2 Å². The Hall–Kier alpha value is -4.58. The summed E-state index contributed by atoms with van der Waals surface area (Å²) in [6, 6.07) is 7.85. The number of aryl methyl sites for hydroxylation is 1. The predicted octanol–water partition coefficient (Wildman–Crippen LogP) is 4.05. The molecule has 4 amide bonds. The Morgan fingerprint density at radius 2 is 1.98 bits per heavy atom. The summed E-state index contributed by atoms with van der Waals surface area (Å²) in [7, 11) is 0.